The minimum absolute atomic E-state index is 0.0883. The second-order valence-electron chi connectivity index (χ2n) is 6.85. The maximum atomic E-state index is 12.4. The maximum Gasteiger partial charge on any atom is 0.383 e. The Morgan fingerprint density at radius 3 is 2.30 bits per heavy atom. The van der Waals surface area contributed by atoms with Gasteiger partial charge in [0.1, 0.15) is 22.3 Å². The Bertz CT molecular complexity index is 1030. The summed E-state index contributed by atoms with van der Waals surface area (Å²) in [6.07, 6.45) is 0. The van der Waals surface area contributed by atoms with E-state index in [1.807, 2.05) is 20.8 Å². The minimum atomic E-state index is -0.809. The molecular weight excluding hydrogens is 348 g/mol. The molecule has 27 heavy (non-hydrogen) atoms. The van der Waals surface area contributed by atoms with Crippen molar-refractivity contribution in [3.05, 3.63) is 64.5 Å². The van der Waals surface area contributed by atoms with Crippen molar-refractivity contribution in [3.8, 4) is 17.2 Å². The molecule has 1 heterocycles. The fraction of sp³-hybridized carbons (Fsp3) is 0.238. The molecule has 0 atom stereocenters. The summed E-state index contributed by atoms with van der Waals surface area (Å²) in [6.45, 7) is 5.69. The van der Waals surface area contributed by atoms with Crippen molar-refractivity contribution < 1.29 is 23.4 Å². The molecule has 3 aromatic rings. The summed E-state index contributed by atoms with van der Waals surface area (Å²) >= 11 is 0. The molecule has 0 N–H and O–H groups in total. The number of fused-ring (bicyclic) bond motifs is 1. The lowest BCUT2D eigenvalue weighted by Crippen LogP contribution is -2.23. The third-order valence-electron chi connectivity index (χ3n) is 3.63. The highest BCUT2D eigenvalue weighted by molar-refractivity contribution is 5.95. The highest BCUT2D eigenvalue weighted by Gasteiger charge is 2.24. The Morgan fingerprint density at radius 1 is 0.963 bits per heavy atom. The molecule has 0 fully saturated rings. The molecular formula is C21H20O6. The zero-order valence-corrected chi connectivity index (χ0v) is 15.6. The van der Waals surface area contributed by atoms with Crippen molar-refractivity contribution >= 4 is 16.9 Å². The van der Waals surface area contributed by atoms with E-state index in [0.29, 0.717) is 16.7 Å². The third kappa shape index (κ3) is 3.95. The van der Waals surface area contributed by atoms with Gasteiger partial charge >= 0.3 is 11.6 Å². The number of methoxy groups -OCH3 is 1. The van der Waals surface area contributed by atoms with Crippen LogP contribution in [0.15, 0.2) is 57.7 Å². The van der Waals surface area contributed by atoms with Gasteiger partial charge in [-0.05, 0) is 45.0 Å². The van der Waals surface area contributed by atoms with Crippen LogP contribution < -0.4 is 19.8 Å². The van der Waals surface area contributed by atoms with E-state index in [-0.39, 0.29) is 17.1 Å². The van der Waals surface area contributed by atoms with Gasteiger partial charge in [0.05, 0.1) is 12.7 Å². The van der Waals surface area contributed by atoms with Gasteiger partial charge in [0.25, 0.3) is 5.75 Å². The first kappa shape index (κ1) is 18.5. The summed E-state index contributed by atoms with van der Waals surface area (Å²) in [4.78, 5) is 24.8. The maximum absolute atomic E-state index is 12.4. The van der Waals surface area contributed by atoms with Gasteiger partial charge in [-0.15, -0.1) is 0 Å². The lowest BCUT2D eigenvalue weighted by atomic mass is 10.1. The molecule has 0 saturated carbocycles. The molecule has 6 nitrogen and oxygen atoms in total. The van der Waals surface area contributed by atoms with E-state index in [1.54, 1.807) is 48.5 Å². The Morgan fingerprint density at radius 2 is 1.67 bits per heavy atom. The second kappa shape index (κ2) is 7.15. The summed E-state index contributed by atoms with van der Waals surface area (Å²) in [7, 11) is 1.39. The van der Waals surface area contributed by atoms with Gasteiger partial charge in [-0.2, -0.15) is 0 Å². The molecule has 0 radical (unpaired) electrons. The van der Waals surface area contributed by atoms with Crippen LogP contribution in [0.3, 0.4) is 0 Å². The van der Waals surface area contributed by atoms with E-state index >= 15 is 0 Å². The van der Waals surface area contributed by atoms with Crippen LogP contribution in [0.25, 0.3) is 11.0 Å². The molecule has 0 amide bonds. The fourth-order valence-electron chi connectivity index (χ4n) is 2.60. The van der Waals surface area contributed by atoms with Crippen LogP contribution in [0.1, 0.15) is 31.1 Å². The van der Waals surface area contributed by atoms with E-state index in [2.05, 4.69) is 0 Å². The quantitative estimate of drug-likeness (QED) is 0.507. The van der Waals surface area contributed by atoms with Gasteiger partial charge in [-0.25, -0.2) is 9.59 Å². The van der Waals surface area contributed by atoms with Crippen molar-refractivity contribution in [1.29, 1.82) is 0 Å². The molecule has 140 valence electrons. The normalized spacial score (nSPS) is 11.3. The largest absolute Gasteiger partial charge is 0.492 e. The van der Waals surface area contributed by atoms with Crippen LogP contribution in [-0.4, -0.2) is 18.7 Å². The molecule has 0 spiro atoms. The second-order valence-corrected chi connectivity index (χ2v) is 6.85. The minimum Gasteiger partial charge on any atom is -0.492 e. The van der Waals surface area contributed by atoms with Crippen LogP contribution in [-0.2, 0) is 0 Å². The van der Waals surface area contributed by atoms with Gasteiger partial charge in [-0.3, -0.25) is 0 Å². The lowest BCUT2D eigenvalue weighted by molar-refractivity contribution is 0.0723. The molecule has 1 aromatic heterocycles. The predicted octanol–water partition coefficient (Wildman–Crippen LogP) is 4.20. The van der Waals surface area contributed by atoms with Crippen LogP contribution in [0.2, 0.25) is 0 Å². The van der Waals surface area contributed by atoms with Crippen molar-refractivity contribution in [1.82, 2.24) is 0 Å². The average molecular weight is 368 g/mol. The van der Waals surface area contributed by atoms with Crippen LogP contribution in [0.4, 0.5) is 0 Å². The molecule has 2 aromatic carbocycles. The van der Waals surface area contributed by atoms with Crippen molar-refractivity contribution in [3.63, 3.8) is 0 Å². The first-order valence-electron chi connectivity index (χ1n) is 8.40. The number of hydrogen-bond acceptors (Lipinski definition) is 6. The standard InChI is InChI=1S/C21H20O6/c1-21(2,3)27-15-12-8-11-14-16(15)17(24-4)18(20(23)25-14)26-19(22)13-9-6-5-7-10-13/h5-12H,1-4H3. The Balaban J connectivity index is 2.15. The third-order valence-corrected chi connectivity index (χ3v) is 3.63. The van der Waals surface area contributed by atoms with Crippen LogP contribution >= 0.6 is 0 Å². The van der Waals surface area contributed by atoms with Crippen LogP contribution in [0, 0.1) is 0 Å². The van der Waals surface area contributed by atoms with Gasteiger partial charge in [0.15, 0.2) is 5.75 Å². The van der Waals surface area contributed by atoms with E-state index < -0.39 is 17.2 Å². The van der Waals surface area contributed by atoms with Crippen molar-refractivity contribution in [2.24, 2.45) is 0 Å². The molecule has 0 saturated heterocycles. The highest BCUT2D eigenvalue weighted by atomic mass is 16.6. The SMILES string of the molecule is COc1c(OC(=O)c2ccccc2)c(=O)oc2cccc(OC(C)(C)C)c12. The zero-order valence-electron chi connectivity index (χ0n) is 15.6. The summed E-state index contributed by atoms with van der Waals surface area (Å²) in [5.41, 5.74) is -0.719. The van der Waals surface area contributed by atoms with Gasteiger partial charge in [-0.1, -0.05) is 24.3 Å². The van der Waals surface area contributed by atoms with E-state index in [1.165, 1.54) is 7.11 Å². The van der Waals surface area contributed by atoms with Crippen molar-refractivity contribution in [2.75, 3.05) is 7.11 Å². The molecule has 0 bridgehead atoms. The highest BCUT2D eigenvalue weighted by Crippen LogP contribution is 2.39. The number of carbonyl (C=O) groups excluding carboxylic acids is 1. The molecule has 0 unspecified atom stereocenters. The fourth-order valence-corrected chi connectivity index (χ4v) is 2.60. The van der Waals surface area contributed by atoms with Crippen molar-refractivity contribution in [2.45, 2.75) is 26.4 Å². The predicted molar refractivity (Wildman–Crippen MR) is 101 cm³/mol. The lowest BCUT2D eigenvalue weighted by Gasteiger charge is -2.23. The number of carbonyl (C=O) groups is 1. The average Bonchev–Trinajstić information content (AvgIpc) is 2.62. The first-order valence-corrected chi connectivity index (χ1v) is 8.40. The van der Waals surface area contributed by atoms with Gasteiger partial charge < -0.3 is 18.6 Å². The molecule has 0 aliphatic rings. The number of hydrogen-bond donors (Lipinski definition) is 0. The number of esters is 1. The molecule has 0 aliphatic heterocycles. The summed E-state index contributed by atoms with van der Waals surface area (Å²) in [5, 5.41) is 0.422. The van der Waals surface area contributed by atoms with Gasteiger partial charge in [0.2, 0.25) is 0 Å². The number of rotatable bonds is 4. The molecule has 3 rings (SSSR count). The Labute approximate surface area is 156 Å². The molecule has 0 aliphatic carbocycles. The topological polar surface area (TPSA) is 75.0 Å². The van der Waals surface area contributed by atoms with Crippen LogP contribution in [0.5, 0.6) is 17.2 Å². The smallest absolute Gasteiger partial charge is 0.383 e. The Kier molecular flexibility index (Phi) is 4.90. The first-order chi connectivity index (χ1) is 12.8. The summed E-state index contributed by atoms with van der Waals surface area (Å²) in [5.74, 6) is -0.457. The molecule has 6 heteroatoms. The number of ether oxygens (including phenoxy) is 3. The zero-order chi connectivity index (χ0) is 19.6. The number of benzene rings is 2. The van der Waals surface area contributed by atoms with E-state index in [0.717, 1.165) is 0 Å². The summed E-state index contributed by atoms with van der Waals surface area (Å²) < 4.78 is 22.0. The van der Waals surface area contributed by atoms with Gasteiger partial charge in [0, 0.05) is 0 Å². The monoisotopic (exact) mass is 368 g/mol. The summed E-state index contributed by atoms with van der Waals surface area (Å²) in [6, 6.07) is 13.4. The van der Waals surface area contributed by atoms with E-state index in [9.17, 15) is 9.59 Å². The van der Waals surface area contributed by atoms with E-state index in [4.69, 9.17) is 18.6 Å². The Hall–Kier alpha value is -3.28.